The Kier molecular flexibility index (Phi) is 7.40. The maximum absolute atomic E-state index is 15.2. The highest BCUT2D eigenvalue weighted by Gasteiger charge is 2.48. The van der Waals surface area contributed by atoms with Crippen molar-refractivity contribution in [2.24, 2.45) is 11.8 Å². The van der Waals surface area contributed by atoms with Crippen molar-refractivity contribution >= 4 is 5.97 Å². The molecular formula is C36H41FN2O4. The van der Waals surface area contributed by atoms with Gasteiger partial charge in [-0.2, -0.15) is 0 Å². The highest BCUT2D eigenvalue weighted by Crippen LogP contribution is 2.50. The van der Waals surface area contributed by atoms with Gasteiger partial charge in [0.2, 0.25) is 5.88 Å². The Morgan fingerprint density at radius 2 is 1.95 bits per heavy atom. The number of nitrogens with zero attached hydrogens (tertiary/aromatic N) is 2. The molecular weight excluding hydrogens is 543 g/mol. The Hall–Kier alpha value is -3.45. The highest BCUT2D eigenvalue weighted by molar-refractivity contribution is 5.71. The number of piperidine rings is 1. The maximum atomic E-state index is 15.2. The summed E-state index contributed by atoms with van der Waals surface area (Å²) < 4.78 is 27.2. The van der Waals surface area contributed by atoms with Crippen molar-refractivity contribution in [2.45, 2.75) is 88.8 Å². The summed E-state index contributed by atoms with van der Waals surface area (Å²) in [7, 11) is 1.55. The molecule has 2 unspecified atom stereocenters. The summed E-state index contributed by atoms with van der Waals surface area (Å²) in [5.74, 6) is 0.144. The van der Waals surface area contributed by atoms with E-state index in [1.54, 1.807) is 13.2 Å². The number of hydrogen-bond donors (Lipinski definition) is 1. The fourth-order valence-corrected chi connectivity index (χ4v) is 7.62. The molecule has 2 aliphatic heterocycles. The van der Waals surface area contributed by atoms with E-state index in [1.807, 2.05) is 13.0 Å². The number of carboxylic acids is 1. The molecule has 6 nitrogen and oxygen atoms in total. The topological polar surface area (TPSA) is 71.9 Å². The van der Waals surface area contributed by atoms with E-state index in [4.69, 9.17) is 9.47 Å². The molecule has 1 N–H and O–H groups in total. The fraction of sp³-hybridized carbons (Fsp3) is 0.500. The van der Waals surface area contributed by atoms with E-state index in [1.165, 1.54) is 43.7 Å². The third kappa shape index (κ3) is 5.52. The number of likely N-dealkylation sites (tertiary alicyclic amines) is 1. The minimum Gasteiger partial charge on any atom is -0.485 e. The summed E-state index contributed by atoms with van der Waals surface area (Å²) in [6.07, 6.45) is 9.95. The lowest BCUT2D eigenvalue weighted by Gasteiger charge is -2.37. The number of ether oxygens (including phenoxy) is 2. The van der Waals surface area contributed by atoms with Crippen LogP contribution in [0, 0.1) is 17.7 Å². The van der Waals surface area contributed by atoms with Gasteiger partial charge in [-0.3, -0.25) is 9.69 Å². The molecule has 0 radical (unpaired) electrons. The van der Waals surface area contributed by atoms with Crippen LogP contribution in [0.5, 0.6) is 11.6 Å². The van der Waals surface area contributed by atoms with Crippen molar-refractivity contribution in [3.05, 3.63) is 76.6 Å². The molecule has 43 heavy (non-hydrogen) atoms. The number of rotatable bonds is 9. The van der Waals surface area contributed by atoms with Crippen LogP contribution in [0.1, 0.15) is 92.6 Å². The molecule has 2 saturated carbocycles. The van der Waals surface area contributed by atoms with E-state index in [9.17, 15) is 9.90 Å². The molecule has 226 valence electrons. The zero-order valence-corrected chi connectivity index (χ0v) is 25.2. The van der Waals surface area contributed by atoms with Gasteiger partial charge in [-0.15, -0.1) is 0 Å². The van der Waals surface area contributed by atoms with Crippen LogP contribution in [0.3, 0.4) is 0 Å². The smallest absolute Gasteiger partial charge is 0.306 e. The molecule has 2 aromatic carbocycles. The second-order valence-electron chi connectivity index (χ2n) is 13.2. The van der Waals surface area contributed by atoms with Crippen LogP contribution in [0.25, 0.3) is 11.3 Å². The van der Waals surface area contributed by atoms with Gasteiger partial charge in [0.1, 0.15) is 23.4 Å². The maximum Gasteiger partial charge on any atom is 0.306 e. The van der Waals surface area contributed by atoms with E-state index in [0.29, 0.717) is 23.0 Å². The molecule has 3 fully saturated rings. The van der Waals surface area contributed by atoms with Gasteiger partial charge in [0.15, 0.2) is 0 Å². The summed E-state index contributed by atoms with van der Waals surface area (Å²) in [6, 6.07) is 15.6. The van der Waals surface area contributed by atoms with Crippen LogP contribution in [-0.2, 0) is 17.8 Å². The first-order valence-corrected chi connectivity index (χ1v) is 16.0. The summed E-state index contributed by atoms with van der Waals surface area (Å²) >= 11 is 0. The van der Waals surface area contributed by atoms with Gasteiger partial charge in [-0.25, -0.2) is 9.37 Å². The van der Waals surface area contributed by atoms with Crippen LogP contribution in [0.2, 0.25) is 0 Å². The van der Waals surface area contributed by atoms with Gasteiger partial charge in [0, 0.05) is 23.7 Å². The zero-order valence-electron chi connectivity index (χ0n) is 25.2. The van der Waals surface area contributed by atoms with Crippen molar-refractivity contribution in [3.8, 4) is 22.9 Å². The Morgan fingerprint density at radius 3 is 2.70 bits per heavy atom. The quantitative estimate of drug-likeness (QED) is 0.278. The molecule has 1 spiro atoms. The SMILES string of the molecule is COc1ccc(F)c(-c2ccc(C3CCc4ccc(C(C5CC5)[C@H](C)C(=O)O)cc4O3)cc2CN2CCCCC23CC3)n1. The van der Waals surface area contributed by atoms with E-state index >= 15 is 4.39 Å². The monoisotopic (exact) mass is 584 g/mol. The summed E-state index contributed by atoms with van der Waals surface area (Å²) in [5, 5.41) is 9.78. The number of fused-ring (bicyclic) bond motifs is 1. The van der Waals surface area contributed by atoms with Crippen molar-refractivity contribution in [1.82, 2.24) is 9.88 Å². The van der Waals surface area contributed by atoms with Crippen molar-refractivity contribution in [1.29, 1.82) is 0 Å². The summed E-state index contributed by atoms with van der Waals surface area (Å²) in [5.41, 5.74) is 5.80. The summed E-state index contributed by atoms with van der Waals surface area (Å²) in [4.78, 5) is 19.0. The molecule has 0 amide bonds. The number of pyridine rings is 1. The number of carbonyl (C=O) groups is 1. The lowest BCUT2D eigenvalue weighted by atomic mass is 9.82. The third-order valence-corrected chi connectivity index (χ3v) is 10.4. The lowest BCUT2D eigenvalue weighted by molar-refractivity contribution is -0.142. The molecule has 7 rings (SSSR count). The third-order valence-electron chi connectivity index (χ3n) is 10.4. The van der Waals surface area contributed by atoms with Gasteiger partial charge in [-0.1, -0.05) is 43.7 Å². The van der Waals surface area contributed by atoms with Crippen molar-refractivity contribution < 1.29 is 23.8 Å². The zero-order chi connectivity index (χ0) is 29.7. The number of methoxy groups -OCH3 is 1. The Morgan fingerprint density at radius 1 is 1.12 bits per heavy atom. The van der Waals surface area contributed by atoms with Crippen molar-refractivity contribution in [2.75, 3.05) is 13.7 Å². The van der Waals surface area contributed by atoms with E-state index in [2.05, 4.69) is 40.2 Å². The second kappa shape index (κ2) is 11.2. The fourth-order valence-electron chi connectivity index (χ4n) is 7.62. The number of carboxylic acid groups (broad SMARTS) is 1. The minimum absolute atomic E-state index is 0.00205. The van der Waals surface area contributed by atoms with Gasteiger partial charge >= 0.3 is 5.97 Å². The first kappa shape index (κ1) is 28.3. The van der Waals surface area contributed by atoms with Gasteiger partial charge in [0.05, 0.1) is 13.0 Å². The van der Waals surface area contributed by atoms with Gasteiger partial charge in [-0.05, 0) is 104 Å². The van der Waals surface area contributed by atoms with Gasteiger partial charge < -0.3 is 14.6 Å². The van der Waals surface area contributed by atoms with E-state index in [-0.39, 0.29) is 17.8 Å². The molecule has 1 saturated heterocycles. The predicted octanol–water partition coefficient (Wildman–Crippen LogP) is 7.70. The lowest BCUT2D eigenvalue weighted by Crippen LogP contribution is -2.40. The average molecular weight is 585 g/mol. The van der Waals surface area contributed by atoms with Crippen molar-refractivity contribution in [3.63, 3.8) is 0 Å². The van der Waals surface area contributed by atoms with Crippen LogP contribution >= 0.6 is 0 Å². The minimum atomic E-state index is -0.746. The Labute approximate surface area is 253 Å². The highest BCUT2D eigenvalue weighted by atomic mass is 19.1. The summed E-state index contributed by atoms with van der Waals surface area (Å²) in [6.45, 7) is 3.64. The molecule has 4 aliphatic rings. The van der Waals surface area contributed by atoms with Crippen LogP contribution in [-0.4, -0.2) is 40.2 Å². The average Bonchev–Trinajstić information content (AvgIpc) is 3.96. The Bertz CT molecular complexity index is 1530. The van der Waals surface area contributed by atoms with Gasteiger partial charge in [0.25, 0.3) is 0 Å². The first-order valence-electron chi connectivity index (χ1n) is 16.0. The first-order chi connectivity index (χ1) is 20.8. The molecule has 3 heterocycles. The standard InChI is InChI=1S/C36H41FN2O4/c1-22(35(40)41)33(24-6-7-24)26-8-5-23-10-13-30(43-31(23)20-26)25-9-11-28(34-29(37)12-14-32(38-34)42-2)27(19-25)21-39-18-4-3-15-36(39)16-17-36/h5,8-9,11-12,14,19-20,22,24,30,33H,3-4,6-7,10,13,15-18,21H2,1-2H3,(H,40,41)/t22-,30?,33?/m0/s1. The number of aromatic nitrogens is 1. The van der Waals surface area contributed by atoms with E-state index < -0.39 is 11.9 Å². The molecule has 3 atom stereocenters. The molecule has 1 aromatic heterocycles. The number of aryl methyl sites for hydroxylation is 1. The normalized spacial score (nSPS) is 22.3. The molecule has 0 bridgehead atoms. The number of benzene rings is 2. The Balaban J connectivity index is 1.21. The van der Waals surface area contributed by atoms with E-state index in [0.717, 1.165) is 66.8 Å². The van der Waals surface area contributed by atoms with Crippen LogP contribution in [0.15, 0.2) is 48.5 Å². The number of aliphatic carboxylic acids is 1. The largest absolute Gasteiger partial charge is 0.485 e. The second-order valence-corrected chi connectivity index (χ2v) is 13.2. The number of hydrogen-bond acceptors (Lipinski definition) is 5. The predicted molar refractivity (Wildman–Crippen MR) is 163 cm³/mol. The molecule has 2 aliphatic carbocycles. The number of halogens is 1. The molecule has 3 aromatic rings. The van der Waals surface area contributed by atoms with Crippen LogP contribution in [0.4, 0.5) is 4.39 Å². The van der Waals surface area contributed by atoms with Crippen LogP contribution < -0.4 is 9.47 Å². The molecule has 7 heteroatoms.